The van der Waals surface area contributed by atoms with Crippen molar-refractivity contribution in [1.29, 1.82) is 0 Å². The number of rotatable bonds is 11. The maximum absolute atomic E-state index is 13.3. The van der Waals surface area contributed by atoms with E-state index < -0.39 is 0 Å². The first-order chi connectivity index (χ1) is 22.1. The van der Waals surface area contributed by atoms with Gasteiger partial charge in [-0.15, -0.1) is 0 Å². The average Bonchev–Trinajstić information content (AvgIpc) is 3.49. The molecule has 1 aliphatic heterocycles. The van der Waals surface area contributed by atoms with Gasteiger partial charge in [-0.25, -0.2) is 4.98 Å². The predicted molar refractivity (Wildman–Crippen MR) is 186 cm³/mol. The summed E-state index contributed by atoms with van der Waals surface area (Å²) in [5.74, 6) is 1.11. The van der Waals surface area contributed by atoms with Gasteiger partial charge in [0.2, 0.25) is 5.91 Å². The van der Waals surface area contributed by atoms with E-state index in [9.17, 15) is 4.79 Å². The monoisotopic (exact) mass is 614 g/mol. The number of nitrogens with zero attached hydrogens (tertiary/aromatic N) is 4. The molecule has 1 saturated heterocycles. The first-order valence-corrected chi connectivity index (χ1v) is 17.1. The highest BCUT2D eigenvalue weighted by Crippen LogP contribution is 2.38. The molecule has 230 valence electrons. The Morgan fingerprint density at radius 2 is 1.22 bits per heavy atom. The summed E-state index contributed by atoms with van der Waals surface area (Å²) >= 11 is 1.76. The van der Waals surface area contributed by atoms with E-state index in [-0.39, 0.29) is 18.0 Å². The molecule has 0 saturated carbocycles. The van der Waals surface area contributed by atoms with Crippen LogP contribution < -0.4 is 0 Å². The van der Waals surface area contributed by atoms with E-state index in [0.29, 0.717) is 6.42 Å². The van der Waals surface area contributed by atoms with Gasteiger partial charge in [0.1, 0.15) is 0 Å². The van der Waals surface area contributed by atoms with Crippen LogP contribution in [0, 0.1) is 0 Å². The van der Waals surface area contributed by atoms with Gasteiger partial charge in [-0.3, -0.25) is 9.69 Å². The topological polar surface area (TPSA) is 41.4 Å². The molecular weight excluding hydrogens is 573 g/mol. The van der Waals surface area contributed by atoms with E-state index in [4.69, 9.17) is 4.98 Å². The van der Waals surface area contributed by atoms with Crippen LogP contribution in [-0.4, -0.2) is 57.2 Å². The zero-order chi connectivity index (χ0) is 31.0. The molecule has 6 heteroatoms. The van der Waals surface area contributed by atoms with Crippen molar-refractivity contribution in [3.8, 4) is 22.5 Å². The van der Waals surface area contributed by atoms with Gasteiger partial charge in [0.15, 0.2) is 5.16 Å². The molecule has 1 aliphatic rings. The SMILES string of the molecule is CC(C)n1c(SCCCC(=O)N2CCN(C(c3ccccc3)c3ccccc3)CC2)nc(-c2ccccc2)c1-c1ccccc1. The van der Waals surface area contributed by atoms with E-state index in [1.165, 1.54) is 16.7 Å². The minimum Gasteiger partial charge on any atom is -0.340 e. The van der Waals surface area contributed by atoms with Crippen LogP contribution in [0.4, 0.5) is 0 Å². The second kappa shape index (κ2) is 14.8. The van der Waals surface area contributed by atoms with Crippen molar-refractivity contribution in [3.05, 3.63) is 132 Å². The molecule has 1 fully saturated rings. The number of thioether (sulfide) groups is 1. The molecule has 0 atom stereocenters. The van der Waals surface area contributed by atoms with Gasteiger partial charge < -0.3 is 9.47 Å². The Morgan fingerprint density at radius 1 is 0.711 bits per heavy atom. The summed E-state index contributed by atoms with van der Waals surface area (Å²) in [5, 5.41) is 1.01. The summed E-state index contributed by atoms with van der Waals surface area (Å²) in [6.07, 6.45) is 1.39. The Balaban J connectivity index is 1.09. The summed E-state index contributed by atoms with van der Waals surface area (Å²) in [5.41, 5.74) is 7.04. The Labute approximate surface area is 271 Å². The van der Waals surface area contributed by atoms with Crippen molar-refractivity contribution < 1.29 is 4.79 Å². The molecule has 0 spiro atoms. The lowest BCUT2D eigenvalue weighted by Crippen LogP contribution is -2.49. The zero-order valence-corrected chi connectivity index (χ0v) is 27.1. The van der Waals surface area contributed by atoms with E-state index >= 15 is 0 Å². The van der Waals surface area contributed by atoms with Crippen LogP contribution in [0.1, 0.15) is 49.9 Å². The van der Waals surface area contributed by atoms with Gasteiger partial charge in [-0.1, -0.05) is 133 Å². The molecule has 5 nitrogen and oxygen atoms in total. The number of aromatic nitrogens is 2. The predicted octanol–water partition coefficient (Wildman–Crippen LogP) is 8.60. The van der Waals surface area contributed by atoms with Gasteiger partial charge in [-0.2, -0.15) is 0 Å². The molecular formula is C39H42N4OS. The van der Waals surface area contributed by atoms with Gasteiger partial charge >= 0.3 is 0 Å². The standard InChI is InChI=1S/C39H42N4OS/c1-30(2)43-38(34-22-13-6-14-23-34)36(31-16-7-3-8-17-31)40-39(43)45-29-15-24-35(44)41-25-27-42(28-26-41)37(32-18-9-4-10-19-32)33-20-11-5-12-21-33/h3-14,16-23,30,37H,15,24-29H2,1-2H3. The summed E-state index contributed by atoms with van der Waals surface area (Å²) < 4.78 is 2.36. The highest BCUT2D eigenvalue weighted by atomic mass is 32.2. The fraction of sp³-hybridized carbons (Fsp3) is 0.282. The largest absolute Gasteiger partial charge is 0.340 e. The third-order valence-corrected chi connectivity index (χ3v) is 9.56. The van der Waals surface area contributed by atoms with E-state index in [2.05, 4.69) is 143 Å². The van der Waals surface area contributed by atoms with Gasteiger partial charge in [0.25, 0.3) is 0 Å². The number of hydrogen-bond acceptors (Lipinski definition) is 4. The lowest BCUT2D eigenvalue weighted by molar-refractivity contribution is -0.133. The normalized spacial score (nSPS) is 13.9. The van der Waals surface area contributed by atoms with Gasteiger partial charge in [0.05, 0.1) is 17.4 Å². The summed E-state index contributed by atoms with van der Waals surface area (Å²) in [4.78, 5) is 23.1. The van der Waals surface area contributed by atoms with E-state index in [0.717, 1.165) is 60.5 Å². The molecule has 0 N–H and O–H groups in total. The van der Waals surface area contributed by atoms with Crippen molar-refractivity contribution in [3.63, 3.8) is 0 Å². The number of benzene rings is 4. The van der Waals surface area contributed by atoms with Gasteiger partial charge in [-0.05, 0) is 31.4 Å². The average molecular weight is 615 g/mol. The number of carbonyl (C=O) groups is 1. The molecule has 4 aromatic carbocycles. The second-order valence-electron chi connectivity index (χ2n) is 11.9. The maximum Gasteiger partial charge on any atom is 0.222 e. The summed E-state index contributed by atoms with van der Waals surface area (Å²) in [6.45, 7) is 7.70. The molecule has 45 heavy (non-hydrogen) atoms. The highest BCUT2D eigenvalue weighted by molar-refractivity contribution is 7.99. The number of piperazine rings is 1. The molecule has 6 rings (SSSR count). The Kier molecular flexibility index (Phi) is 10.1. The first-order valence-electron chi connectivity index (χ1n) is 16.1. The van der Waals surface area contributed by atoms with E-state index in [1.54, 1.807) is 11.8 Å². The Bertz CT molecular complexity index is 1610. The molecule has 2 heterocycles. The quantitative estimate of drug-likeness (QED) is 0.110. The smallest absolute Gasteiger partial charge is 0.222 e. The molecule has 0 bridgehead atoms. The van der Waals surface area contributed by atoms with Crippen LogP contribution in [-0.2, 0) is 4.79 Å². The maximum atomic E-state index is 13.3. The van der Waals surface area contributed by atoms with Crippen LogP contribution in [0.2, 0.25) is 0 Å². The number of carbonyl (C=O) groups excluding carboxylic acids is 1. The van der Waals surface area contributed by atoms with Gasteiger partial charge in [0, 0.05) is 55.5 Å². The molecule has 0 radical (unpaired) electrons. The fourth-order valence-corrected chi connectivity index (χ4v) is 7.39. The fourth-order valence-electron chi connectivity index (χ4n) is 6.32. The molecule has 0 aliphatic carbocycles. The number of amides is 1. The van der Waals surface area contributed by atoms with Crippen molar-refractivity contribution >= 4 is 17.7 Å². The second-order valence-corrected chi connectivity index (χ2v) is 12.9. The minimum atomic E-state index is 0.201. The van der Waals surface area contributed by atoms with Crippen molar-refractivity contribution in [2.45, 2.75) is 43.9 Å². The van der Waals surface area contributed by atoms with Crippen molar-refractivity contribution in [2.75, 3.05) is 31.9 Å². The summed E-state index contributed by atoms with van der Waals surface area (Å²) in [6, 6.07) is 42.9. The van der Waals surface area contributed by atoms with Crippen molar-refractivity contribution in [1.82, 2.24) is 19.4 Å². The molecule has 5 aromatic rings. The van der Waals surface area contributed by atoms with Crippen LogP contribution in [0.3, 0.4) is 0 Å². The number of hydrogen-bond donors (Lipinski definition) is 0. The van der Waals surface area contributed by atoms with Crippen LogP contribution >= 0.6 is 11.8 Å². The van der Waals surface area contributed by atoms with Crippen LogP contribution in [0.15, 0.2) is 126 Å². The van der Waals surface area contributed by atoms with E-state index in [1.807, 2.05) is 6.07 Å². The third kappa shape index (κ3) is 7.24. The lowest BCUT2D eigenvalue weighted by atomic mass is 9.96. The van der Waals surface area contributed by atoms with Crippen molar-refractivity contribution in [2.24, 2.45) is 0 Å². The Hall–Kier alpha value is -4.13. The molecule has 0 unspecified atom stereocenters. The highest BCUT2D eigenvalue weighted by Gasteiger charge is 2.28. The molecule has 1 aromatic heterocycles. The number of imidazole rings is 1. The van der Waals surface area contributed by atoms with Crippen LogP contribution in [0.5, 0.6) is 0 Å². The minimum absolute atomic E-state index is 0.201. The summed E-state index contributed by atoms with van der Waals surface area (Å²) in [7, 11) is 0. The lowest BCUT2D eigenvalue weighted by Gasteiger charge is -2.40. The van der Waals surface area contributed by atoms with Crippen LogP contribution in [0.25, 0.3) is 22.5 Å². The zero-order valence-electron chi connectivity index (χ0n) is 26.3. The third-order valence-electron chi connectivity index (χ3n) is 8.52. The first kappa shape index (κ1) is 30.9. The molecule has 1 amide bonds. The Morgan fingerprint density at radius 3 is 1.76 bits per heavy atom.